The van der Waals surface area contributed by atoms with E-state index in [1.165, 1.54) is 0 Å². The maximum absolute atomic E-state index is 13.9. The van der Waals surface area contributed by atoms with Crippen molar-refractivity contribution in [2.24, 2.45) is 0 Å². The van der Waals surface area contributed by atoms with E-state index in [1.807, 2.05) is 59.5 Å². The summed E-state index contributed by atoms with van der Waals surface area (Å²) in [6.07, 6.45) is 2.79. The number of benzene rings is 3. The monoisotopic (exact) mass is 536 g/mol. The van der Waals surface area contributed by atoms with Crippen LogP contribution in [0.4, 0.5) is 0 Å². The minimum atomic E-state index is 0.0605. The number of hydrogen-bond acceptors (Lipinski definition) is 4. The van der Waals surface area contributed by atoms with Crippen LogP contribution in [-0.2, 0) is 17.9 Å². The predicted octanol–water partition coefficient (Wildman–Crippen LogP) is 6.52. The van der Waals surface area contributed by atoms with Gasteiger partial charge in [-0.1, -0.05) is 59.6 Å². The number of methoxy groups -OCH3 is 1. The number of carbonyl (C=O) groups excluding carboxylic acids is 1. The van der Waals surface area contributed by atoms with Gasteiger partial charge in [0.15, 0.2) is 0 Å². The average Bonchev–Trinajstić information content (AvgIpc) is 3.78. The van der Waals surface area contributed by atoms with Crippen molar-refractivity contribution < 1.29 is 14.3 Å². The van der Waals surface area contributed by atoms with Crippen LogP contribution in [0.1, 0.15) is 36.0 Å². The molecule has 3 aromatic rings. The van der Waals surface area contributed by atoms with E-state index in [1.54, 1.807) is 13.2 Å². The lowest BCUT2D eigenvalue weighted by molar-refractivity contribution is -0.128. The summed E-state index contributed by atoms with van der Waals surface area (Å²) in [5.41, 5.74) is 4.83. The number of rotatable bonds is 9. The molecule has 37 heavy (non-hydrogen) atoms. The van der Waals surface area contributed by atoms with E-state index in [-0.39, 0.29) is 11.9 Å². The average molecular weight is 537 g/mol. The molecule has 0 spiro atoms. The third kappa shape index (κ3) is 6.12. The van der Waals surface area contributed by atoms with Gasteiger partial charge in [-0.3, -0.25) is 4.79 Å². The first-order valence-electron chi connectivity index (χ1n) is 12.6. The van der Waals surface area contributed by atoms with Gasteiger partial charge in [-0.2, -0.15) is 0 Å². The van der Waals surface area contributed by atoms with Gasteiger partial charge in [0.1, 0.15) is 18.1 Å². The van der Waals surface area contributed by atoms with Gasteiger partial charge in [-0.25, -0.2) is 0 Å². The standard InChI is InChI=1S/C30H30Cl2N2O3/c1-36-24-12-8-20(9-13-24)19-37-25-6-2-4-21(16-25)26-14-15-33-17-27(26)30(35)34(23-10-11-23)18-22-5-3-7-28(31)29(22)32/h2-9,12-13,16,23,33H,10-11,14-15,17-19H2,1H3. The van der Waals surface area contributed by atoms with Crippen molar-refractivity contribution in [1.82, 2.24) is 10.2 Å². The summed E-state index contributed by atoms with van der Waals surface area (Å²) < 4.78 is 11.3. The van der Waals surface area contributed by atoms with Crippen molar-refractivity contribution >= 4 is 34.7 Å². The summed E-state index contributed by atoms with van der Waals surface area (Å²) in [4.78, 5) is 15.9. The SMILES string of the molecule is COc1ccc(COc2cccc(C3=C(C(=O)N(Cc4cccc(Cl)c4Cl)C4CC4)CNCC3)c2)cc1. The summed E-state index contributed by atoms with van der Waals surface area (Å²) in [7, 11) is 1.65. The van der Waals surface area contributed by atoms with Crippen LogP contribution in [0.25, 0.3) is 5.57 Å². The lowest BCUT2D eigenvalue weighted by Gasteiger charge is -2.28. The molecular weight excluding hydrogens is 507 g/mol. The number of ether oxygens (including phenoxy) is 2. The minimum absolute atomic E-state index is 0.0605. The fraction of sp³-hybridized carbons (Fsp3) is 0.300. The van der Waals surface area contributed by atoms with Gasteiger partial charge in [0.05, 0.1) is 17.2 Å². The molecule has 1 aliphatic heterocycles. The first-order valence-corrected chi connectivity index (χ1v) is 13.3. The van der Waals surface area contributed by atoms with Crippen molar-refractivity contribution in [3.05, 3.63) is 99.0 Å². The van der Waals surface area contributed by atoms with Gasteiger partial charge in [-0.15, -0.1) is 0 Å². The van der Waals surface area contributed by atoms with Gasteiger partial charge in [0.2, 0.25) is 0 Å². The molecule has 5 nitrogen and oxygen atoms in total. The molecule has 3 aromatic carbocycles. The molecule has 0 saturated heterocycles. The van der Waals surface area contributed by atoms with Crippen LogP contribution in [0.2, 0.25) is 10.0 Å². The highest BCUT2D eigenvalue weighted by atomic mass is 35.5. The second-order valence-electron chi connectivity index (χ2n) is 9.43. The van der Waals surface area contributed by atoms with Gasteiger partial charge in [0, 0.05) is 24.7 Å². The summed E-state index contributed by atoms with van der Waals surface area (Å²) in [6, 6.07) is 21.7. The Hall–Kier alpha value is -2.99. The van der Waals surface area contributed by atoms with E-state index >= 15 is 0 Å². The quantitative estimate of drug-likeness (QED) is 0.338. The van der Waals surface area contributed by atoms with E-state index in [9.17, 15) is 4.79 Å². The Bertz CT molecular complexity index is 1300. The summed E-state index contributed by atoms with van der Waals surface area (Å²) >= 11 is 12.7. The first kappa shape index (κ1) is 25.7. The van der Waals surface area contributed by atoms with Gasteiger partial charge in [-0.05, 0) is 78.4 Å². The number of carbonyl (C=O) groups is 1. The highest BCUT2D eigenvalue weighted by molar-refractivity contribution is 6.42. The summed E-state index contributed by atoms with van der Waals surface area (Å²) in [5.74, 6) is 1.65. The van der Waals surface area contributed by atoms with E-state index in [0.29, 0.717) is 29.7 Å². The molecule has 1 N–H and O–H groups in total. The Balaban J connectivity index is 1.38. The molecule has 0 unspecified atom stereocenters. The molecule has 1 saturated carbocycles. The second kappa shape index (κ2) is 11.6. The van der Waals surface area contributed by atoms with Crippen molar-refractivity contribution in [2.45, 2.75) is 38.5 Å². The molecule has 192 valence electrons. The number of nitrogens with one attached hydrogen (secondary N) is 1. The molecule has 7 heteroatoms. The van der Waals surface area contributed by atoms with Crippen molar-refractivity contribution in [3.63, 3.8) is 0 Å². The fourth-order valence-corrected chi connectivity index (χ4v) is 5.03. The summed E-state index contributed by atoms with van der Waals surface area (Å²) in [6.45, 7) is 2.27. The molecule has 5 rings (SSSR count). The Morgan fingerprint density at radius 3 is 2.57 bits per heavy atom. The Morgan fingerprint density at radius 2 is 1.81 bits per heavy atom. The van der Waals surface area contributed by atoms with E-state index in [4.69, 9.17) is 32.7 Å². The fourth-order valence-electron chi connectivity index (χ4n) is 4.65. The zero-order valence-electron chi connectivity index (χ0n) is 20.8. The third-order valence-corrected chi connectivity index (χ3v) is 7.70. The second-order valence-corrected chi connectivity index (χ2v) is 10.2. The molecule has 0 aromatic heterocycles. The smallest absolute Gasteiger partial charge is 0.251 e. The van der Waals surface area contributed by atoms with Crippen LogP contribution in [0.5, 0.6) is 11.5 Å². The molecule has 1 fully saturated rings. The molecular formula is C30H30Cl2N2O3. The van der Waals surface area contributed by atoms with Crippen LogP contribution in [0, 0.1) is 0 Å². The topological polar surface area (TPSA) is 50.8 Å². The largest absolute Gasteiger partial charge is 0.497 e. The number of halogens is 2. The van der Waals surface area contributed by atoms with Crippen LogP contribution in [0.15, 0.2) is 72.3 Å². The molecule has 1 amide bonds. The van der Waals surface area contributed by atoms with Gasteiger partial charge >= 0.3 is 0 Å². The Labute approximate surface area is 228 Å². The zero-order chi connectivity index (χ0) is 25.8. The molecule has 0 bridgehead atoms. The molecule has 0 radical (unpaired) electrons. The van der Waals surface area contributed by atoms with Crippen molar-refractivity contribution in [3.8, 4) is 11.5 Å². The van der Waals surface area contributed by atoms with Crippen LogP contribution in [-0.4, -0.2) is 37.0 Å². The molecule has 1 heterocycles. The van der Waals surface area contributed by atoms with E-state index < -0.39 is 0 Å². The minimum Gasteiger partial charge on any atom is -0.497 e. The number of hydrogen-bond donors (Lipinski definition) is 1. The molecule has 2 aliphatic rings. The lowest BCUT2D eigenvalue weighted by Crippen LogP contribution is -2.39. The highest BCUT2D eigenvalue weighted by Gasteiger charge is 2.35. The summed E-state index contributed by atoms with van der Waals surface area (Å²) in [5, 5.41) is 4.41. The zero-order valence-corrected chi connectivity index (χ0v) is 22.3. The maximum atomic E-state index is 13.9. The predicted molar refractivity (Wildman–Crippen MR) is 148 cm³/mol. The Morgan fingerprint density at radius 1 is 1.03 bits per heavy atom. The number of nitrogens with zero attached hydrogens (tertiary/aromatic N) is 1. The van der Waals surface area contributed by atoms with Gasteiger partial charge < -0.3 is 19.7 Å². The third-order valence-electron chi connectivity index (χ3n) is 6.84. The molecule has 1 aliphatic carbocycles. The molecule has 0 atom stereocenters. The van der Waals surface area contributed by atoms with Crippen LogP contribution in [0.3, 0.4) is 0 Å². The Kier molecular flexibility index (Phi) is 8.04. The van der Waals surface area contributed by atoms with Crippen molar-refractivity contribution in [1.29, 1.82) is 0 Å². The normalized spacial score (nSPS) is 15.4. The maximum Gasteiger partial charge on any atom is 0.251 e. The number of amides is 1. The van der Waals surface area contributed by atoms with Crippen molar-refractivity contribution in [2.75, 3.05) is 20.2 Å². The highest BCUT2D eigenvalue weighted by Crippen LogP contribution is 2.35. The van der Waals surface area contributed by atoms with E-state index in [0.717, 1.165) is 65.1 Å². The van der Waals surface area contributed by atoms with Crippen LogP contribution >= 0.6 is 23.2 Å². The van der Waals surface area contributed by atoms with Crippen LogP contribution < -0.4 is 14.8 Å². The lowest BCUT2D eigenvalue weighted by atomic mass is 9.93. The van der Waals surface area contributed by atoms with Gasteiger partial charge in [0.25, 0.3) is 5.91 Å². The first-order chi connectivity index (χ1) is 18.0. The van der Waals surface area contributed by atoms with E-state index in [2.05, 4.69) is 11.4 Å².